The molecule has 0 unspecified atom stereocenters. The molecular formula is C19H24N4O3. The van der Waals surface area contributed by atoms with Gasteiger partial charge in [-0.3, -0.25) is 9.69 Å². The summed E-state index contributed by atoms with van der Waals surface area (Å²) in [6.07, 6.45) is 3.56. The van der Waals surface area contributed by atoms with Gasteiger partial charge in [0.05, 0.1) is 31.8 Å². The lowest BCUT2D eigenvalue weighted by molar-refractivity contribution is -0.112. The van der Waals surface area contributed by atoms with Gasteiger partial charge in [-0.15, -0.1) is 0 Å². The Bertz CT molecular complexity index is 731. The first-order chi connectivity index (χ1) is 12.7. The quantitative estimate of drug-likeness (QED) is 0.852. The highest BCUT2D eigenvalue weighted by atomic mass is 16.5. The summed E-state index contributed by atoms with van der Waals surface area (Å²) in [5.41, 5.74) is 0.407. The molecule has 2 aromatic rings. The minimum atomic E-state index is -0.983. The van der Waals surface area contributed by atoms with E-state index in [2.05, 4.69) is 14.9 Å². The molecule has 7 heteroatoms. The van der Waals surface area contributed by atoms with E-state index in [1.165, 1.54) is 6.33 Å². The highest BCUT2D eigenvalue weighted by Crippen LogP contribution is 2.36. The minimum Gasteiger partial charge on any atom is -0.383 e. The lowest BCUT2D eigenvalue weighted by Gasteiger charge is -2.50. The van der Waals surface area contributed by atoms with Crippen LogP contribution in [0, 0.1) is 0 Å². The van der Waals surface area contributed by atoms with E-state index in [4.69, 9.17) is 4.74 Å². The van der Waals surface area contributed by atoms with Crippen LogP contribution in [0.5, 0.6) is 0 Å². The summed E-state index contributed by atoms with van der Waals surface area (Å²) < 4.78 is 5.48. The maximum absolute atomic E-state index is 12.8. The summed E-state index contributed by atoms with van der Waals surface area (Å²) in [6, 6.07) is 9.62. The van der Waals surface area contributed by atoms with Crippen LogP contribution in [0.3, 0.4) is 0 Å². The van der Waals surface area contributed by atoms with Crippen molar-refractivity contribution in [2.45, 2.75) is 18.1 Å². The van der Waals surface area contributed by atoms with Crippen molar-refractivity contribution >= 4 is 5.91 Å². The molecule has 3 heterocycles. The number of ether oxygens (including phenoxy) is 1. The highest BCUT2D eigenvalue weighted by Gasteiger charge is 2.47. The number of morpholine rings is 1. The molecule has 2 aliphatic heterocycles. The summed E-state index contributed by atoms with van der Waals surface area (Å²) in [7, 11) is 0. The fourth-order valence-corrected chi connectivity index (χ4v) is 4.02. The number of imidazole rings is 1. The molecule has 2 N–H and O–H groups in total. The summed E-state index contributed by atoms with van der Waals surface area (Å²) >= 11 is 0. The van der Waals surface area contributed by atoms with Crippen molar-refractivity contribution in [2.75, 3.05) is 39.4 Å². The van der Waals surface area contributed by atoms with Gasteiger partial charge in [0.2, 0.25) is 0 Å². The summed E-state index contributed by atoms with van der Waals surface area (Å²) in [5.74, 6) is -0.0733. The van der Waals surface area contributed by atoms with Gasteiger partial charge in [0.1, 0.15) is 11.3 Å². The molecule has 2 atom stereocenters. The van der Waals surface area contributed by atoms with Crippen LogP contribution in [0.2, 0.25) is 0 Å². The third-order valence-electron chi connectivity index (χ3n) is 5.48. The number of nitrogens with one attached hydrogen (secondary N) is 1. The van der Waals surface area contributed by atoms with E-state index in [0.29, 0.717) is 38.4 Å². The third kappa shape index (κ3) is 3.13. The topological polar surface area (TPSA) is 81.7 Å². The number of H-pyrrole nitrogens is 1. The number of benzene rings is 1. The number of rotatable bonds is 3. The molecule has 2 saturated heterocycles. The maximum atomic E-state index is 12.8. The predicted molar refractivity (Wildman–Crippen MR) is 95.6 cm³/mol. The van der Waals surface area contributed by atoms with Gasteiger partial charge < -0.3 is 19.7 Å². The smallest absolute Gasteiger partial charge is 0.271 e. The second-order valence-corrected chi connectivity index (χ2v) is 6.92. The first-order valence-corrected chi connectivity index (χ1v) is 9.06. The number of carbonyl (C=O) groups excluding carboxylic acids is 1. The Labute approximate surface area is 152 Å². The molecular weight excluding hydrogens is 332 g/mol. The number of aromatic amines is 1. The largest absolute Gasteiger partial charge is 0.383 e. The molecule has 1 amide bonds. The van der Waals surface area contributed by atoms with Crippen LogP contribution in [-0.2, 0) is 10.3 Å². The number of carbonyl (C=O) groups is 1. The lowest BCUT2D eigenvalue weighted by atomic mass is 9.79. The molecule has 7 nitrogen and oxygen atoms in total. The molecule has 1 aromatic heterocycles. The molecule has 4 rings (SSSR count). The van der Waals surface area contributed by atoms with Gasteiger partial charge in [-0.2, -0.15) is 0 Å². The summed E-state index contributed by atoms with van der Waals surface area (Å²) in [5, 5.41) is 11.6. The van der Waals surface area contributed by atoms with Crippen molar-refractivity contribution in [3.05, 3.63) is 54.1 Å². The normalized spacial score (nSPS) is 27.4. The van der Waals surface area contributed by atoms with Gasteiger partial charge in [-0.1, -0.05) is 30.3 Å². The second kappa shape index (κ2) is 7.19. The van der Waals surface area contributed by atoms with E-state index in [1.807, 2.05) is 35.2 Å². The number of aliphatic hydroxyl groups is 1. The monoisotopic (exact) mass is 356 g/mol. The van der Waals surface area contributed by atoms with Crippen molar-refractivity contribution < 1.29 is 14.6 Å². The van der Waals surface area contributed by atoms with Crippen LogP contribution in [0.1, 0.15) is 22.5 Å². The van der Waals surface area contributed by atoms with Gasteiger partial charge in [-0.05, 0) is 12.0 Å². The van der Waals surface area contributed by atoms with Gasteiger partial charge >= 0.3 is 0 Å². The van der Waals surface area contributed by atoms with E-state index < -0.39 is 5.60 Å². The van der Waals surface area contributed by atoms with Crippen molar-refractivity contribution in [3.63, 3.8) is 0 Å². The van der Waals surface area contributed by atoms with Gasteiger partial charge in [0, 0.05) is 26.2 Å². The van der Waals surface area contributed by atoms with E-state index in [9.17, 15) is 9.90 Å². The number of piperidine rings is 1. The number of hydrogen-bond acceptors (Lipinski definition) is 5. The van der Waals surface area contributed by atoms with Gasteiger partial charge in [-0.25, -0.2) is 4.98 Å². The van der Waals surface area contributed by atoms with Crippen molar-refractivity contribution in [3.8, 4) is 0 Å². The van der Waals surface area contributed by atoms with Crippen LogP contribution in [0.25, 0.3) is 0 Å². The van der Waals surface area contributed by atoms with Crippen LogP contribution in [-0.4, -0.2) is 76.2 Å². The van der Waals surface area contributed by atoms with Crippen molar-refractivity contribution in [1.29, 1.82) is 0 Å². The SMILES string of the molecule is O=C(c1cnc[nH]1)N1CC[C@](O)(c2ccccc2)[C@H](N2CCOCC2)C1. The predicted octanol–water partition coefficient (Wildman–Crippen LogP) is 0.844. The van der Waals surface area contributed by atoms with Crippen molar-refractivity contribution in [2.24, 2.45) is 0 Å². The van der Waals surface area contributed by atoms with Crippen LogP contribution < -0.4 is 0 Å². The summed E-state index contributed by atoms with van der Waals surface area (Å²) in [6.45, 7) is 3.79. The van der Waals surface area contributed by atoms with Gasteiger partial charge in [0.15, 0.2) is 0 Å². The van der Waals surface area contributed by atoms with Crippen LogP contribution in [0.15, 0.2) is 42.9 Å². The number of hydrogen-bond donors (Lipinski definition) is 2. The number of amides is 1. The third-order valence-corrected chi connectivity index (χ3v) is 5.48. The lowest BCUT2D eigenvalue weighted by Crippen LogP contribution is -2.63. The molecule has 0 aliphatic carbocycles. The molecule has 2 fully saturated rings. The number of aromatic nitrogens is 2. The van der Waals surface area contributed by atoms with Crippen LogP contribution >= 0.6 is 0 Å². The molecule has 0 saturated carbocycles. The zero-order chi connectivity index (χ0) is 18.0. The van der Waals surface area contributed by atoms with Gasteiger partial charge in [0.25, 0.3) is 5.91 Å². The zero-order valence-corrected chi connectivity index (χ0v) is 14.7. The standard InChI is InChI=1S/C19H24N4O3/c24-18(16-12-20-14-21-16)23-7-6-19(25,15-4-2-1-3-5-15)17(13-23)22-8-10-26-11-9-22/h1-5,12,14,17,25H,6-11,13H2,(H,20,21)/t17-,19+/m1/s1. The Morgan fingerprint density at radius 3 is 2.69 bits per heavy atom. The van der Waals surface area contributed by atoms with Crippen LogP contribution in [0.4, 0.5) is 0 Å². The number of nitrogens with zero attached hydrogens (tertiary/aromatic N) is 3. The fraction of sp³-hybridized carbons (Fsp3) is 0.474. The van der Waals surface area contributed by atoms with E-state index in [0.717, 1.165) is 18.7 Å². The van der Waals surface area contributed by atoms with Crippen molar-refractivity contribution in [1.82, 2.24) is 19.8 Å². The Kier molecular flexibility index (Phi) is 4.76. The molecule has 26 heavy (non-hydrogen) atoms. The van der Waals surface area contributed by atoms with E-state index >= 15 is 0 Å². The average Bonchev–Trinajstić information content (AvgIpc) is 3.24. The molecule has 0 bridgehead atoms. The maximum Gasteiger partial charge on any atom is 0.271 e. The Morgan fingerprint density at radius 1 is 1.23 bits per heavy atom. The first kappa shape index (κ1) is 17.2. The summed E-state index contributed by atoms with van der Waals surface area (Å²) in [4.78, 5) is 23.7. The number of likely N-dealkylation sites (tertiary alicyclic amines) is 1. The highest BCUT2D eigenvalue weighted by molar-refractivity contribution is 5.92. The fourth-order valence-electron chi connectivity index (χ4n) is 4.02. The molecule has 138 valence electrons. The van der Waals surface area contributed by atoms with E-state index in [-0.39, 0.29) is 11.9 Å². The molecule has 1 aromatic carbocycles. The molecule has 2 aliphatic rings. The molecule has 0 spiro atoms. The Hall–Kier alpha value is -2.22. The Morgan fingerprint density at radius 2 is 2.00 bits per heavy atom. The first-order valence-electron chi connectivity index (χ1n) is 9.06. The second-order valence-electron chi connectivity index (χ2n) is 6.92. The molecule has 0 radical (unpaired) electrons. The zero-order valence-electron chi connectivity index (χ0n) is 14.7. The average molecular weight is 356 g/mol. The van der Waals surface area contributed by atoms with E-state index in [1.54, 1.807) is 6.20 Å². The minimum absolute atomic E-state index is 0.0733. The Balaban J connectivity index is 1.62.